The van der Waals surface area contributed by atoms with Crippen LogP contribution in [-0.2, 0) is 11.2 Å². The van der Waals surface area contributed by atoms with Gasteiger partial charge in [0.15, 0.2) is 11.5 Å². The summed E-state index contributed by atoms with van der Waals surface area (Å²) in [6.45, 7) is -0.0439. The highest BCUT2D eigenvalue weighted by atomic mass is 19.1. The molecule has 1 aliphatic rings. The number of carboxylic acids is 1. The van der Waals surface area contributed by atoms with E-state index in [9.17, 15) is 9.18 Å². The van der Waals surface area contributed by atoms with E-state index in [2.05, 4.69) is 0 Å². The topological polar surface area (TPSA) is 65.0 Å². The first-order chi connectivity index (χ1) is 8.13. The van der Waals surface area contributed by atoms with Crippen molar-refractivity contribution in [1.29, 1.82) is 0 Å². The number of benzene rings is 1. The van der Waals surface area contributed by atoms with E-state index < -0.39 is 11.8 Å². The van der Waals surface area contributed by atoms with Gasteiger partial charge in [-0.15, -0.1) is 0 Å². The zero-order valence-electron chi connectivity index (χ0n) is 9.16. The molecule has 0 saturated heterocycles. The molecule has 6 heteroatoms. The van der Waals surface area contributed by atoms with E-state index in [0.29, 0.717) is 5.56 Å². The van der Waals surface area contributed by atoms with Crippen LogP contribution in [-0.4, -0.2) is 25.0 Å². The molecule has 0 unspecified atom stereocenters. The number of methoxy groups -OCH3 is 1. The number of ether oxygens (including phenoxy) is 3. The van der Waals surface area contributed by atoms with Gasteiger partial charge in [-0.05, 0) is 12.5 Å². The Balaban J connectivity index is 2.37. The third-order valence-corrected chi connectivity index (χ3v) is 2.45. The molecule has 92 valence electrons. The molecule has 0 bridgehead atoms. The number of fused-ring (bicyclic) bond motifs is 1. The first-order valence-electron chi connectivity index (χ1n) is 5.00. The molecule has 0 radical (unpaired) electrons. The molecule has 0 aromatic heterocycles. The van der Waals surface area contributed by atoms with E-state index in [0.717, 1.165) is 0 Å². The number of aryl methyl sites for hydroxylation is 1. The fourth-order valence-electron chi connectivity index (χ4n) is 1.68. The molecule has 1 N–H and O–H groups in total. The summed E-state index contributed by atoms with van der Waals surface area (Å²) in [4.78, 5) is 10.5. The molecule has 0 aliphatic carbocycles. The van der Waals surface area contributed by atoms with Gasteiger partial charge in [-0.3, -0.25) is 4.79 Å². The molecule has 0 fully saturated rings. The Labute approximate surface area is 96.7 Å². The van der Waals surface area contributed by atoms with Gasteiger partial charge in [0.05, 0.1) is 7.11 Å². The van der Waals surface area contributed by atoms with Crippen LogP contribution in [0.3, 0.4) is 0 Å². The van der Waals surface area contributed by atoms with Crippen LogP contribution < -0.4 is 14.2 Å². The summed E-state index contributed by atoms with van der Waals surface area (Å²) in [6, 6.07) is 1.55. The van der Waals surface area contributed by atoms with Gasteiger partial charge in [0.25, 0.3) is 0 Å². The quantitative estimate of drug-likeness (QED) is 0.868. The van der Waals surface area contributed by atoms with Crippen LogP contribution in [0, 0.1) is 5.82 Å². The molecule has 0 spiro atoms. The van der Waals surface area contributed by atoms with Crippen molar-refractivity contribution in [3.8, 4) is 17.2 Å². The van der Waals surface area contributed by atoms with Crippen LogP contribution in [0.2, 0.25) is 0 Å². The predicted octanol–water partition coefficient (Wildman–Crippen LogP) is 1.58. The van der Waals surface area contributed by atoms with E-state index in [4.69, 9.17) is 19.3 Å². The van der Waals surface area contributed by atoms with Gasteiger partial charge in [-0.25, -0.2) is 0 Å². The fourth-order valence-corrected chi connectivity index (χ4v) is 1.68. The van der Waals surface area contributed by atoms with Gasteiger partial charge in [0.2, 0.25) is 18.4 Å². The lowest BCUT2D eigenvalue weighted by Gasteiger charge is -2.10. The lowest BCUT2D eigenvalue weighted by molar-refractivity contribution is -0.136. The van der Waals surface area contributed by atoms with Gasteiger partial charge in [0, 0.05) is 12.0 Å². The SMILES string of the molecule is COc1c(CCC(=O)O)cc2c(c1F)OCO2. The highest BCUT2D eigenvalue weighted by Crippen LogP contribution is 2.42. The summed E-state index contributed by atoms with van der Waals surface area (Å²) in [6.07, 6.45) is 0.0709. The molecule has 5 nitrogen and oxygen atoms in total. The average molecular weight is 242 g/mol. The largest absolute Gasteiger partial charge is 0.493 e. The van der Waals surface area contributed by atoms with Gasteiger partial charge in [-0.1, -0.05) is 0 Å². The molecular weight excluding hydrogens is 231 g/mol. The van der Waals surface area contributed by atoms with Gasteiger partial charge < -0.3 is 19.3 Å². The number of halogens is 1. The van der Waals surface area contributed by atoms with Crippen molar-refractivity contribution in [1.82, 2.24) is 0 Å². The molecule has 1 heterocycles. The molecule has 0 atom stereocenters. The number of hydrogen-bond acceptors (Lipinski definition) is 4. The summed E-state index contributed by atoms with van der Waals surface area (Å²) in [5.74, 6) is -1.30. The fraction of sp³-hybridized carbons (Fsp3) is 0.364. The maximum absolute atomic E-state index is 13.9. The van der Waals surface area contributed by atoms with Crippen LogP contribution in [0.5, 0.6) is 17.2 Å². The Morgan fingerprint density at radius 3 is 3.00 bits per heavy atom. The van der Waals surface area contributed by atoms with Gasteiger partial charge in [0.1, 0.15) is 0 Å². The maximum Gasteiger partial charge on any atom is 0.303 e. The molecule has 17 heavy (non-hydrogen) atoms. The Kier molecular flexibility index (Phi) is 3.03. The number of aliphatic carboxylic acids is 1. The molecule has 0 amide bonds. The van der Waals surface area contributed by atoms with Crippen LogP contribution in [0.1, 0.15) is 12.0 Å². The van der Waals surface area contributed by atoms with Gasteiger partial charge in [-0.2, -0.15) is 4.39 Å². The van der Waals surface area contributed by atoms with Crippen LogP contribution >= 0.6 is 0 Å². The normalized spacial score (nSPS) is 12.6. The Bertz CT molecular complexity index is 458. The number of carbonyl (C=O) groups is 1. The maximum atomic E-state index is 13.9. The van der Waals surface area contributed by atoms with Crippen LogP contribution in [0.4, 0.5) is 4.39 Å². The van der Waals surface area contributed by atoms with E-state index in [-0.39, 0.29) is 36.9 Å². The van der Waals surface area contributed by atoms with Crippen molar-refractivity contribution in [3.63, 3.8) is 0 Å². The first kappa shape index (κ1) is 11.5. The smallest absolute Gasteiger partial charge is 0.303 e. The zero-order chi connectivity index (χ0) is 12.4. The second kappa shape index (κ2) is 4.48. The lowest BCUT2D eigenvalue weighted by atomic mass is 10.1. The van der Waals surface area contributed by atoms with Crippen molar-refractivity contribution < 1.29 is 28.5 Å². The number of rotatable bonds is 4. The Morgan fingerprint density at radius 1 is 1.59 bits per heavy atom. The summed E-state index contributed by atoms with van der Waals surface area (Å²) >= 11 is 0. The third-order valence-electron chi connectivity index (χ3n) is 2.45. The molecule has 2 rings (SSSR count). The summed E-state index contributed by atoms with van der Waals surface area (Å²) < 4.78 is 28.8. The summed E-state index contributed by atoms with van der Waals surface area (Å²) in [5.41, 5.74) is 0.455. The molecule has 1 aromatic carbocycles. The van der Waals surface area contributed by atoms with E-state index in [1.54, 1.807) is 6.07 Å². The second-order valence-corrected chi connectivity index (χ2v) is 3.51. The van der Waals surface area contributed by atoms with Crippen molar-refractivity contribution in [2.24, 2.45) is 0 Å². The summed E-state index contributed by atoms with van der Waals surface area (Å²) in [7, 11) is 1.32. The van der Waals surface area contributed by atoms with Gasteiger partial charge >= 0.3 is 5.97 Å². The number of carboxylic acid groups (broad SMARTS) is 1. The standard InChI is InChI=1S/C11H11FO5/c1-15-10-6(2-3-8(13)14)4-7-11(9(10)12)17-5-16-7/h4H,2-3,5H2,1H3,(H,13,14). The molecule has 1 aromatic rings. The predicted molar refractivity (Wildman–Crippen MR) is 55.0 cm³/mol. The van der Waals surface area contributed by atoms with Crippen molar-refractivity contribution in [2.75, 3.05) is 13.9 Å². The highest BCUT2D eigenvalue weighted by Gasteiger charge is 2.25. The third kappa shape index (κ3) is 2.11. The average Bonchev–Trinajstić information content (AvgIpc) is 2.74. The molecule has 1 aliphatic heterocycles. The lowest BCUT2D eigenvalue weighted by Crippen LogP contribution is -2.01. The minimum absolute atomic E-state index is 0.00972. The van der Waals surface area contributed by atoms with E-state index in [1.165, 1.54) is 7.11 Å². The van der Waals surface area contributed by atoms with Crippen molar-refractivity contribution >= 4 is 5.97 Å². The second-order valence-electron chi connectivity index (χ2n) is 3.51. The first-order valence-corrected chi connectivity index (χ1v) is 5.00. The van der Waals surface area contributed by atoms with E-state index >= 15 is 0 Å². The highest BCUT2D eigenvalue weighted by molar-refractivity contribution is 5.67. The molecule has 0 saturated carbocycles. The van der Waals surface area contributed by atoms with Crippen LogP contribution in [0.25, 0.3) is 0 Å². The monoisotopic (exact) mass is 242 g/mol. The molecular formula is C11H11FO5. The Hall–Kier alpha value is -1.98. The Morgan fingerprint density at radius 2 is 2.35 bits per heavy atom. The van der Waals surface area contributed by atoms with Crippen molar-refractivity contribution in [2.45, 2.75) is 12.8 Å². The van der Waals surface area contributed by atoms with Crippen LogP contribution in [0.15, 0.2) is 6.07 Å². The summed E-state index contributed by atoms with van der Waals surface area (Å²) in [5, 5.41) is 8.61. The van der Waals surface area contributed by atoms with E-state index in [1.807, 2.05) is 0 Å². The van der Waals surface area contributed by atoms with Crippen molar-refractivity contribution in [3.05, 3.63) is 17.4 Å². The zero-order valence-corrected chi connectivity index (χ0v) is 9.16. The minimum atomic E-state index is -0.954. The minimum Gasteiger partial charge on any atom is -0.493 e. The number of hydrogen-bond donors (Lipinski definition) is 1.